The molecule has 1 amide bonds. The van der Waals surface area contributed by atoms with Crippen molar-refractivity contribution in [3.8, 4) is 5.75 Å². The number of ether oxygens (including phenoxy) is 1. The predicted octanol–water partition coefficient (Wildman–Crippen LogP) is 1.62. The standard InChI is InChI=1S/C14H21NO4S/c1-10-9-12(5-6-13(10)19-3)11(2)15-14(16)7-8-20(4,17)18/h5-6,9,11H,7-8H2,1-4H3,(H,15,16). The Morgan fingerprint density at radius 1 is 1.40 bits per heavy atom. The number of amides is 1. The summed E-state index contributed by atoms with van der Waals surface area (Å²) in [5, 5.41) is 2.79. The molecule has 0 saturated heterocycles. The van der Waals surface area contributed by atoms with E-state index in [9.17, 15) is 13.2 Å². The van der Waals surface area contributed by atoms with Gasteiger partial charge in [0.25, 0.3) is 0 Å². The van der Waals surface area contributed by atoms with Gasteiger partial charge in [-0.3, -0.25) is 4.79 Å². The van der Waals surface area contributed by atoms with Gasteiger partial charge in [-0.2, -0.15) is 0 Å². The van der Waals surface area contributed by atoms with Crippen molar-refractivity contribution in [1.82, 2.24) is 5.32 Å². The summed E-state index contributed by atoms with van der Waals surface area (Å²) in [4.78, 5) is 11.7. The molecule has 6 heteroatoms. The van der Waals surface area contributed by atoms with E-state index in [1.807, 2.05) is 32.0 Å². The van der Waals surface area contributed by atoms with Gasteiger partial charge >= 0.3 is 0 Å². The molecule has 0 aliphatic carbocycles. The fraction of sp³-hybridized carbons (Fsp3) is 0.500. The van der Waals surface area contributed by atoms with E-state index in [-0.39, 0.29) is 24.1 Å². The van der Waals surface area contributed by atoms with Crippen LogP contribution < -0.4 is 10.1 Å². The number of aryl methyl sites for hydroxylation is 1. The minimum Gasteiger partial charge on any atom is -0.496 e. The smallest absolute Gasteiger partial charge is 0.221 e. The van der Waals surface area contributed by atoms with Gasteiger partial charge in [0.1, 0.15) is 15.6 Å². The first kappa shape index (κ1) is 16.5. The minimum absolute atomic E-state index is 0.0156. The molecule has 0 bridgehead atoms. The summed E-state index contributed by atoms with van der Waals surface area (Å²) in [5.74, 6) is 0.397. The zero-order valence-electron chi connectivity index (χ0n) is 12.3. The van der Waals surface area contributed by atoms with E-state index >= 15 is 0 Å². The third-order valence-corrected chi connectivity index (χ3v) is 3.94. The molecule has 0 aliphatic rings. The van der Waals surface area contributed by atoms with Crippen LogP contribution in [0.3, 0.4) is 0 Å². The largest absolute Gasteiger partial charge is 0.496 e. The Morgan fingerprint density at radius 3 is 2.55 bits per heavy atom. The van der Waals surface area contributed by atoms with E-state index in [2.05, 4.69) is 5.32 Å². The van der Waals surface area contributed by atoms with Gasteiger partial charge in [-0.15, -0.1) is 0 Å². The van der Waals surface area contributed by atoms with Gasteiger partial charge in [0.05, 0.1) is 18.9 Å². The molecule has 0 saturated carbocycles. The number of sulfone groups is 1. The van der Waals surface area contributed by atoms with Gasteiger partial charge in [0, 0.05) is 12.7 Å². The Kier molecular flexibility index (Phi) is 5.56. The third kappa shape index (κ3) is 5.21. The fourth-order valence-electron chi connectivity index (χ4n) is 1.85. The zero-order valence-corrected chi connectivity index (χ0v) is 13.1. The SMILES string of the molecule is COc1ccc(C(C)NC(=O)CCS(C)(=O)=O)cc1C. The number of carbonyl (C=O) groups is 1. The normalized spacial score (nSPS) is 12.8. The van der Waals surface area contributed by atoms with Gasteiger partial charge in [-0.1, -0.05) is 12.1 Å². The average molecular weight is 299 g/mol. The average Bonchev–Trinajstić information content (AvgIpc) is 2.35. The highest BCUT2D eigenvalue weighted by Gasteiger charge is 2.13. The molecule has 1 aromatic carbocycles. The van der Waals surface area contributed by atoms with Crippen LogP contribution in [0, 0.1) is 6.92 Å². The Labute approximate surface area is 120 Å². The van der Waals surface area contributed by atoms with E-state index in [0.717, 1.165) is 23.1 Å². The Hall–Kier alpha value is -1.56. The van der Waals surface area contributed by atoms with E-state index < -0.39 is 9.84 Å². The lowest BCUT2D eigenvalue weighted by Crippen LogP contribution is -2.28. The summed E-state index contributed by atoms with van der Waals surface area (Å²) in [7, 11) is -1.50. The fourth-order valence-corrected chi connectivity index (χ4v) is 2.40. The van der Waals surface area contributed by atoms with Crippen LogP contribution in [0.2, 0.25) is 0 Å². The number of carbonyl (C=O) groups excluding carboxylic acids is 1. The summed E-state index contributed by atoms with van der Waals surface area (Å²) in [6.07, 6.45) is 1.11. The van der Waals surface area contributed by atoms with Crippen LogP contribution in [0.1, 0.15) is 30.5 Å². The Bertz CT molecular complexity index is 581. The zero-order chi connectivity index (χ0) is 15.3. The summed E-state index contributed by atoms with van der Waals surface area (Å²) < 4.78 is 27.2. The minimum atomic E-state index is -3.11. The second-order valence-electron chi connectivity index (χ2n) is 4.90. The summed E-state index contributed by atoms with van der Waals surface area (Å²) in [5.41, 5.74) is 1.94. The number of benzene rings is 1. The lowest BCUT2D eigenvalue weighted by molar-refractivity contribution is -0.121. The number of hydrogen-bond acceptors (Lipinski definition) is 4. The second-order valence-corrected chi connectivity index (χ2v) is 7.16. The number of rotatable bonds is 6. The lowest BCUT2D eigenvalue weighted by Gasteiger charge is -2.16. The molecule has 0 radical (unpaired) electrons. The molecule has 0 heterocycles. The first-order chi connectivity index (χ1) is 9.23. The third-order valence-electron chi connectivity index (χ3n) is 3.00. The highest BCUT2D eigenvalue weighted by atomic mass is 32.2. The number of hydrogen-bond donors (Lipinski definition) is 1. The van der Waals surface area contributed by atoms with Gasteiger partial charge < -0.3 is 10.1 Å². The predicted molar refractivity (Wildman–Crippen MR) is 78.6 cm³/mol. The van der Waals surface area contributed by atoms with E-state index in [1.54, 1.807) is 7.11 Å². The van der Waals surface area contributed by atoms with Crippen LogP contribution >= 0.6 is 0 Å². The maximum Gasteiger partial charge on any atom is 0.221 e. The number of nitrogens with one attached hydrogen (secondary N) is 1. The molecular weight excluding hydrogens is 278 g/mol. The molecular formula is C14H21NO4S. The van der Waals surface area contributed by atoms with E-state index in [0.29, 0.717) is 0 Å². The van der Waals surface area contributed by atoms with Crippen molar-refractivity contribution < 1.29 is 17.9 Å². The van der Waals surface area contributed by atoms with Crippen molar-refractivity contribution in [2.24, 2.45) is 0 Å². The van der Waals surface area contributed by atoms with Crippen LogP contribution in [0.15, 0.2) is 18.2 Å². The molecule has 0 aromatic heterocycles. The summed E-state index contributed by atoms with van der Waals surface area (Å²) in [6, 6.07) is 5.50. The van der Waals surface area contributed by atoms with Crippen LogP contribution in [0.25, 0.3) is 0 Å². The van der Waals surface area contributed by atoms with E-state index in [4.69, 9.17) is 4.74 Å². The Morgan fingerprint density at radius 2 is 2.05 bits per heavy atom. The molecule has 20 heavy (non-hydrogen) atoms. The van der Waals surface area contributed by atoms with Crippen molar-refractivity contribution in [3.63, 3.8) is 0 Å². The molecule has 1 atom stereocenters. The highest BCUT2D eigenvalue weighted by molar-refractivity contribution is 7.90. The maximum absolute atomic E-state index is 11.7. The summed E-state index contributed by atoms with van der Waals surface area (Å²) >= 11 is 0. The topological polar surface area (TPSA) is 72.5 Å². The Balaban J connectivity index is 2.64. The van der Waals surface area contributed by atoms with Crippen LogP contribution in [0.4, 0.5) is 0 Å². The van der Waals surface area contributed by atoms with Crippen LogP contribution in [-0.4, -0.2) is 33.4 Å². The maximum atomic E-state index is 11.7. The number of methoxy groups -OCH3 is 1. The van der Waals surface area contributed by atoms with Crippen molar-refractivity contribution in [1.29, 1.82) is 0 Å². The van der Waals surface area contributed by atoms with Gasteiger partial charge in [-0.25, -0.2) is 8.42 Å². The molecule has 5 nitrogen and oxygen atoms in total. The highest BCUT2D eigenvalue weighted by Crippen LogP contribution is 2.22. The van der Waals surface area contributed by atoms with Gasteiger partial charge in [-0.05, 0) is 31.0 Å². The molecule has 0 spiro atoms. The molecule has 1 unspecified atom stereocenters. The van der Waals surface area contributed by atoms with Crippen molar-refractivity contribution >= 4 is 15.7 Å². The molecule has 1 N–H and O–H groups in total. The van der Waals surface area contributed by atoms with Crippen LogP contribution in [0.5, 0.6) is 5.75 Å². The monoisotopic (exact) mass is 299 g/mol. The van der Waals surface area contributed by atoms with Crippen LogP contribution in [-0.2, 0) is 14.6 Å². The van der Waals surface area contributed by atoms with Gasteiger partial charge in [0.15, 0.2) is 0 Å². The molecule has 1 aromatic rings. The first-order valence-electron chi connectivity index (χ1n) is 6.34. The summed E-state index contributed by atoms with van der Waals surface area (Å²) in [6.45, 7) is 3.79. The molecule has 1 rings (SSSR count). The van der Waals surface area contributed by atoms with Crippen molar-refractivity contribution in [2.45, 2.75) is 26.3 Å². The second kappa shape index (κ2) is 6.74. The van der Waals surface area contributed by atoms with E-state index in [1.165, 1.54) is 0 Å². The molecule has 0 aliphatic heterocycles. The molecule has 0 fully saturated rings. The van der Waals surface area contributed by atoms with Crippen molar-refractivity contribution in [2.75, 3.05) is 19.1 Å². The lowest BCUT2D eigenvalue weighted by atomic mass is 10.0. The quantitative estimate of drug-likeness (QED) is 0.866. The van der Waals surface area contributed by atoms with Gasteiger partial charge in [0.2, 0.25) is 5.91 Å². The molecule has 112 valence electrons. The first-order valence-corrected chi connectivity index (χ1v) is 8.40. The van der Waals surface area contributed by atoms with Crippen molar-refractivity contribution in [3.05, 3.63) is 29.3 Å².